The Morgan fingerprint density at radius 2 is 2.12 bits per heavy atom. The van der Waals surface area contributed by atoms with Gasteiger partial charge in [-0.3, -0.25) is 9.20 Å². The number of fused-ring (bicyclic) bond motifs is 1. The molecule has 0 fully saturated rings. The van der Waals surface area contributed by atoms with Gasteiger partial charge in [-0.25, -0.2) is 4.98 Å². The van der Waals surface area contributed by atoms with Gasteiger partial charge >= 0.3 is 0 Å². The lowest BCUT2D eigenvalue weighted by Gasteiger charge is -2.09. The second-order valence-electron chi connectivity index (χ2n) is 5.68. The van der Waals surface area contributed by atoms with E-state index in [1.807, 2.05) is 57.3 Å². The molecule has 3 rings (SSSR count). The second-order valence-corrected chi connectivity index (χ2v) is 6.53. The molecule has 3 aromatic rings. The summed E-state index contributed by atoms with van der Waals surface area (Å²) < 4.78 is 8.39. The maximum Gasteiger partial charge on any atom is 0.274 e. The molecule has 1 amide bonds. The predicted molar refractivity (Wildman–Crippen MR) is 103 cm³/mol. The summed E-state index contributed by atoms with van der Waals surface area (Å²) in [5.74, 6) is 0.491. The van der Waals surface area contributed by atoms with Gasteiger partial charge in [0.05, 0.1) is 12.3 Å². The van der Waals surface area contributed by atoms with Gasteiger partial charge in [-0.15, -0.1) is 0 Å². The molecule has 0 atom stereocenters. The predicted octanol–water partition coefficient (Wildman–Crippen LogP) is 4.62. The Hall–Kier alpha value is -2.34. The second kappa shape index (κ2) is 7.27. The Bertz CT molecular complexity index is 934. The minimum absolute atomic E-state index is 0.186. The third-order valence-corrected chi connectivity index (χ3v) is 4.82. The highest BCUT2D eigenvalue weighted by Gasteiger charge is 2.20. The van der Waals surface area contributed by atoms with Gasteiger partial charge in [-0.1, -0.05) is 28.9 Å². The number of aryl methyl sites for hydroxylation is 2. The first kappa shape index (κ1) is 17.5. The normalized spacial score (nSPS) is 10.9. The number of imidazole rings is 1. The SMILES string of the molecule is CCOc1cccn2c(C(=O)Nc3ccc(C)c(Br)c3)c(CC)nc12. The van der Waals surface area contributed by atoms with E-state index in [4.69, 9.17) is 4.74 Å². The van der Waals surface area contributed by atoms with Crippen molar-refractivity contribution in [1.29, 1.82) is 0 Å². The van der Waals surface area contributed by atoms with E-state index in [1.54, 1.807) is 4.40 Å². The molecule has 0 saturated carbocycles. The van der Waals surface area contributed by atoms with E-state index >= 15 is 0 Å². The monoisotopic (exact) mass is 401 g/mol. The summed E-state index contributed by atoms with van der Waals surface area (Å²) in [7, 11) is 0. The number of nitrogens with one attached hydrogen (secondary N) is 1. The van der Waals surface area contributed by atoms with Crippen molar-refractivity contribution in [3.05, 3.63) is 58.0 Å². The quantitative estimate of drug-likeness (QED) is 0.678. The molecular weight excluding hydrogens is 382 g/mol. The van der Waals surface area contributed by atoms with Crippen molar-refractivity contribution in [2.24, 2.45) is 0 Å². The van der Waals surface area contributed by atoms with Crippen LogP contribution in [-0.2, 0) is 6.42 Å². The van der Waals surface area contributed by atoms with Crippen molar-refractivity contribution in [3.63, 3.8) is 0 Å². The lowest BCUT2D eigenvalue weighted by Crippen LogP contribution is -2.16. The molecule has 0 spiro atoms. The van der Waals surface area contributed by atoms with Gasteiger partial charge < -0.3 is 10.1 Å². The minimum atomic E-state index is -0.186. The third kappa shape index (κ3) is 3.39. The summed E-state index contributed by atoms with van der Waals surface area (Å²) in [5, 5.41) is 2.96. The van der Waals surface area contributed by atoms with Crippen molar-refractivity contribution in [3.8, 4) is 5.75 Å². The van der Waals surface area contributed by atoms with Crippen molar-refractivity contribution < 1.29 is 9.53 Å². The zero-order valence-corrected chi connectivity index (χ0v) is 16.1. The van der Waals surface area contributed by atoms with Crippen LogP contribution in [0.2, 0.25) is 0 Å². The fourth-order valence-corrected chi connectivity index (χ4v) is 3.08. The Kier molecular flexibility index (Phi) is 5.08. The molecule has 1 aromatic carbocycles. The van der Waals surface area contributed by atoms with Crippen LogP contribution in [0.3, 0.4) is 0 Å². The molecule has 0 unspecified atom stereocenters. The summed E-state index contributed by atoms with van der Waals surface area (Å²) >= 11 is 3.49. The first-order valence-electron chi connectivity index (χ1n) is 8.25. The summed E-state index contributed by atoms with van der Waals surface area (Å²) in [4.78, 5) is 17.5. The maximum atomic E-state index is 12.9. The Morgan fingerprint density at radius 1 is 1.32 bits per heavy atom. The smallest absolute Gasteiger partial charge is 0.274 e. The van der Waals surface area contributed by atoms with Crippen molar-refractivity contribution >= 4 is 33.2 Å². The van der Waals surface area contributed by atoms with E-state index in [0.29, 0.717) is 30.1 Å². The van der Waals surface area contributed by atoms with Crippen molar-refractivity contribution in [2.45, 2.75) is 27.2 Å². The topological polar surface area (TPSA) is 55.6 Å². The number of ether oxygens (including phenoxy) is 1. The largest absolute Gasteiger partial charge is 0.490 e. The average Bonchev–Trinajstić information content (AvgIpc) is 2.98. The molecule has 1 N–H and O–H groups in total. The molecule has 2 heterocycles. The highest BCUT2D eigenvalue weighted by atomic mass is 79.9. The zero-order chi connectivity index (χ0) is 18.0. The number of amides is 1. The van der Waals surface area contributed by atoms with Crippen LogP contribution in [-0.4, -0.2) is 21.9 Å². The molecule has 0 radical (unpaired) electrons. The Balaban J connectivity index is 2.02. The van der Waals surface area contributed by atoms with Crippen LogP contribution in [0, 0.1) is 6.92 Å². The number of benzene rings is 1. The zero-order valence-electron chi connectivity index (χ0n) is 14.5. The van der Waals surface area contributed by atoms with Gasteiger partial charge in [0.25, 0.3) is 5.91 Å². The molecule has 0 bridgehead atoms. The van der Waals surface area contributed by atoms with E-state index < -0.39 is 0 Å². The average molecular weight is 402 g/mol. The number of anilines is 1. The molecule has 2 aromatic heterocycles. The number of nitrogens with zero attached hydrogens (tertiary/aromatic N) is 2. The lowest BCUT2D eigenvalue weighted by atomic mass is 10.2. The Morgan fingerprint density at radius 3 is 2.80 bits per heavy atom. The summed E-state index contributed by atoms with van der Waals surface area (Å²) in [6, 6.07) is 9.47. The number of carbonyl (C=O) groups excluding carboxylic acids is 1. The summed E-state index contributed by atoms with van der Waals surface area (Å²) in [6.45, 7) is 6.47. The van der Waals surface area contributed by atoms with E-state index in [1.165, 1.54) is 0 Å². The number of pyridine rings is 1. The molecule has 5 nitrogen and oxygen atoms in total. The first-order chi connectivity index (χ1) is 12.0. The van der Waals surface area contributed by atoms with E-state index in [-0.39, 0.29) is 5.91 Å². The number of carbonyl (C=O) groups is 1. The fraction of sp³-hybridized carbons (Fsp3) is 0.263. The van der Waals surface area contributed by atoms with Gasteiger partial charge in [-0.05, 0) is 50.1 Å². The van der Waals surface area contributed by atoms with E-state index in [2.05, 4.69) is 26.2 Å². The molecule has 6 heteroatoms. The van der Waals surface area contributed by atoms with Gasteiger partial charge in [0.15, 0.2) is 11.4 Å². The van der Waals surface area contributed by atoms with E-state index in [9.17, 15) is 4.79 Å². The molecule has 0 saturated heterocycles. The van der Waals surface area contributed by atoms with Crippen LogP contribution in [0.15, 0.2) is 41.0 Å². The number of hydrogen-bond acceptors (Lipinski definition) is 3. The number of halogens is 1. The van der Waals surface area contributed by atoms with Gasteiger partial charge in [0, 0.05) is 16.4 Å². The molecular formula is C19H20BrN3O2. The van der Waals surface area contributed by atoms with Crippen LogP contribution in [0.1, 0.15) is 35.6 Å². The molecule has 25 heavy (non-hydrogen) atoms. The minimum Gasteiger partial charge on any atom is -0.490 e. The van der Waals surface area contributed by atoms with Crippen LogP contribution >= 0.6 is 15.9 Å². The van der Waals surface area contributed by atoms with Crippen molar-refractivity contribution in [2.75, 3.05) is 11.9 Å². The highest BCUT2D eigenvalue weighted by molar-refractivity contribution is 9.10. The van der Waals surface area contributed by atoms with E-state index in [0.717, 1.165) is 21.4 Å². The van der Waals surface area contributed by atoms with Gasteiger partial charge in [-0.2, -0.15) is 0 Å². The number of aromatic nitrogens is 2. The van der Waals surface area contributed by atoms with Crippen LogP contribution < -0.4 is 10.1 Å². The first-order valence-corrected chi connectivity index (χ1v) is 9.04. The maximum absolute atomic E-state index is 12.9. The van der Waals surface area contributed by atoms with Crippen LogP contribution in [0.4, 0.5) is 5.69 Å². The number of rotatable bonds is 5. The molecule has 130 valence electrons. The third-order valence-electron chi connectivity index (χ3n) is 3.97. The van der Waals surface area contributed by atoms with Crippen molar-refractivity contribution in [1.82, 2.24) is 9.38 Å². The van der Waals surface area contributed by atoms with Crippen LogP contribution in [0.5, 0.6) is 5.75 Å². The summed E-state index contributed by atoms with van der Waals surface area (Å²) in [6.07, 6.45) is 2.50. The molecule has 0 aliphatic rings. The highest BCUT2D eigenvalue weighted by Crippen LogP contribution is 2.25. The van der Waals surface area contributed by atoms with Crippen LogP contribution in [0.25, 0.3) is 5.65 Å². The fourth-order valence-electron chi connectivity index (χ4n) is 2.71. The van der Waals surface area contributed by atoms with Gasteiger partial charge in [0.2, 0.25) is 0 Å². The lowest BCUT2D eigenvalue weighted by molar-refractivity contribution is 0.102. The number of hydrogen-bond donors (Lipinski definition) is 1. The molecule has 0 aliphatic heterocycles. The van der Waals surface area contributed by atoms with Gasteiger partial charge in [0.1, 0.15) is 5.69 Å². The molecule has 0 aliphatic carbocycles. The summed E-state index contributed by atoms with van der Waals surface area (Å²) in [5.41, 5.74) is 3.80. The Labute approximate surface area is 155 Å². The standard InChI is InChI=1S/C19H20BrN3O2/c1-4-15-17(19(24)21-13-9-8-12(3)14(20)11-13)23-10-6-7-16(25-5-2)18(23)22-15/h6-11H,4-5H2,1-3H3,(H,21,24).